The van der Waals surface area contributed by atoms with Gasteiger partial charge in [-0.05, 0) is 49.2 Å². The first-order valence-electron chi connectivity index (χ1n) is 9.94. The molecule has 30 heavy (non-hydrogen) atoms. The summed E-state index contributed by atoms with van der Waals surface area (Å²) in [4.78, 5) is 14.3. The molecule has 0 fully saturated rings. The summed E-state index contributed by atoms with van der Waals surface area (Å²) in [7, 11) is 1.75. The Morgan fingerprint density at radius 1 is 1.03 bits per heavy atom. The van der Waals surface area contributed by atoms with Crippen LogP contribution >= 0.6 is 11.3 Å². The third kappa shape index (κ3) is 6.45. The van der Waals surface area contributed by atoms with Crippen molar-refractivity contribution in [1.82, 2.24) is 20.6 Å². The second-order valence-corrected chi connectivity index (χ2v) is 7.56. The van der Waals surface area contributed by atoms with Gasteiger partial charge in [-0.2, -0.15) is 0 Å². The topological polar surface area (TPSA) is 80.7 Å². The van der Waals surface area contributed by atoms with Crippen molar-refractivity contribution in [1.29, 1.82) is 0 Å². The van der Waals surface area contributed by atoms with Gasteiger partial charge in [0.1, 0.15) is 16.5 Å². The van der Waals surface area contributed by atoms with Crippen LogP contribution in [0.3, 0.4) is 0 Å². The molecule has 8 heteroatoms. The van der Waals surface area contributed by atoms with Gasteiger partial charge in [-0.15, -0.1) is 11.3 Å². The number of pyridine rings is 1. The molecule has 0 aliphatic heterocycles. The van der Waals surface area contributed by atoms with Gasteiger partial charge in [-0.3, -0.25) is 4.99 Å². The summed E-state index contributed by atoms with van der Waals surface area (Å²) >= 11 is 1.72. The zero-order valence-electron chi connectivity index (χ0n) is 17.5. The van der Waals surface area contributed by atoms with Crippen molar-refractivity contribution in [2.75, 3.05) is 13.7 Å². The van der Waals surface area contributed by atoms with Crippen LogP contribution in [0.25, 0.3) is 0 Å². The Bertz CT molecular complexity index is 956. The smallest absolute Gasteiger partial charge is 0.219 e. The van der Waals surface area contributed by atoms with Gasteiger partial charge in [-0.1, -0.05) is 6.92 Å². The van der Waals surface area contributed by atoms with Crippen molar-refractivity contribution < 1.29 is 9.47 Å². The highest BCUT2D eigenvalue weighted by Gasteiger charge is 2.05. The lowest BCUT2D eigenvalue weighted by Crippen LogP contribution is -2.36. The van der Waals surface area contributed by atoms with Crippen LogP contribution in [0, 0.1) is 0 Å². The number of aryl methyl sites for hydroxylation is 1. The van der Waals surface area contributed by atoms with E-state index >= 15 is 0 Å². The van der Waals surface area contributed by atoms with E-state index in [0.717, 1.165) is 22.7 Å². The van der Waals surface area contributed by atoms with E-state index in [4.69, 9.17) is 9.47 Å². The van der Waals surface area contributed by atoms with Crippen molar-refractivity contribution >= 4 is 17.3 Å². The van der Waals surface area contributed by atoms with Crippen LogP contribution in [0.15, 0.2) is 53.8 Å². The Kier molecular flexibility index (Phi) is 8.02. The van der Waals surface area contributed by atoms with E-state index in [1.54, 1.807) is 24.6 Å². The molecule has 0 aliphatic rings. The summed E-state index contributed by atoms with van der Waals surface area (Å²) in [6.45, 7) is 5.97. The normalized spacial score (nSPS) is 11.2. The Morgan fingerprint density at radius 2 is 1.80 bits per heavy atom. The average Bonchev–Trinajstić information content (AvgIpc) is 3.24. The minimum Gasteiger partial charge on any atom is -0.494 e. The van der Waals surface area contributed by atoms with E-state index in [2.05, 4.69) is 32.5 Å². The number of nitrogens with one attached hydrogen (secondary N) is 2. The Labute approximate surface area is 181 Å². The summed E-state index contributed by atoms with van der Waals surface area (Å²) in [5.74, 6) is 2.78. The molecule has 7 nitrogen and oxygen atoms in total. The van der Waals surface area contributed by atoms with Gasteiger partial charge in [0, 0.05) is 36.9 Å². The number of guanidine groups is 1. The predicted molar refractivity (Wildman–Crippen MR) is 120 cm³/mol. The van der Waals surface area contributed by atoms with Crippen LogP contribution < -0.4 is 20.1 Å². The summed E-state index contributed by atoms with van der Waals surface area (Å²) in [6, 6.07) is 11.3. The third-order valence-electron chi connectivity index (χ3n) is 4.20. The molecule has 0 aliphatic carbocycles. The van der Waals surface area contributed by atoms with Gasteiger partial charge in [0.05, 0.1) is 13.2 Å². The number of rotatable bonds is 9. The van der Waals surface area contributed by atoms with Crippen molar-refractivity contribution in [3.8, 4) is 17.4 Å². The van der Waals surface area contributed by atoms with E-state index in [0.29, 0.717) is 37.3 Å². The number of ether oxygens (including phenoxy) is 2. The summed E-state index contributed by atoms with van der Waals surface area (Å²) in [6.07, 6.45) is 4.67. The van der Waals surface area contributed by atoms with E-state index in [-0.39, 0.29) is 0 Å². The van der Waals surface area contributed by atoms with Crippen LogP contribution in [0.4, 0.5) is 0 Å². The van der Waals surface area contributed by atoms with Gasteiger partial charge < -0.3 is 20.1 Å². The molecule has 3 rings (SSSR count). The molecular weight excluding hydrogens is 398 g/mol. The fourth-order valence-corrected chi connectivity index (χ4v) is 3.47. The zero-order chi connectivity index (χ0) is 21.2. The molecule has 2 N–H and O–H groups in total. The average molecular weight is 426 g/mol. The number of aliphatic imine (C=N–C) groups is 1. The molecular formula is C22H27N5O2S. The minimum absolute atomic E-state index is 0.538. The molecule has 0 radical (unpaired) electrons. The van der Waals surface area contributed by atoms with Gasteiger partial charge in [0.2, 0.25) is 5.88 Å². The quantitative estimate of drug-likeness (QED) is 0.396. The highest BCUT2D eigenvalue weighted by molar-refractivity contribution is 7.11. The van der Waals surface area contributed by atoms with E-state index in [1.807, 2.05) is 49.5 Å². The lowest BCUT2D eigenvalue weighted by molar-refractivity contribution is 0.339. The van der Waals surface area contributed by atoms with Crippen molar-refractivity contribution in [3.05, 3.63) is 64.2 Å². The van der Waals surface area contributed by atoms with Crippen molar-refractivity contribution in [2.24, 2.45) is 4.99 Å². The monoisotopic (exact) mass is 425 g/mol. The molecule has 158 valence electrons. The molecule has 0 atom stereocenters. The fraction of sp³-hybridized carbons (Fsp3) is 0.318. The third-order valence-corrected chi connectivity index (χ3v) is 5.34. The number of aromatic nitrogens is 2. The lowest BCUT2D eigenvalue weighted by atomic mass is 10.2. The number of nitrogens with zero attached hydrogens (tertiary/aromatic N) is 3. The van der Waals surface area contributed by atoms with Crippen LogP contribution in [0.1, 0.15) is 29.3 Å². The number of thiazole rings is 1. The first-order chi connectivity index (χ1) is 14.7. The minimum atomic E-state index is 0.538. The first kappa shape index (κ1) is 21.6. The standard InChI is InChI=1S/C22H27N5O2S/c1-4-19-14-25-21(30-19)15-27-22(23-3)26-13-16-10-11-24-20(12-16)29-18-8-6-17(7-9-18)28-5-2/h6-12,14H,4-5,13,15H2,1-3H3,(H2,23,26,27). The van der Waals surface area contributed by atoms with Gasteiger partial charge >= 0.3 is 0 Å². The molecule has 0 bridgehead atoms. The second-order valence-electron chi connectivity index (χ2n) is 6.36. The fourth-order valence-electron chi connectivity index (χ4n) is 2.67. The maximum Gasteiger partial charge on any atom is 0.219 e. The Hall–Kier alpha value is -3.13. The van der Waals surface area contributed by atoms with Gasteiger partial charge in [0.15, 0.2) is 5.96 Å². The largest absolute Gasteiger partial charge is 0.494 e. The molecule has 0 saturated carbocycles. The molecule has 1 aromatic carbocycles. The molecule has 2 aromatic heterocycles. The van der Waals surface area contributed by atoms with Crippen LogP contribution in [0.5, 0.6) is 17.4 Å². The van der Waals surface area contributed by atoms with Gasteiger partial charge in [0.25, 0.3) is 0 Å². The van der Waals surface area contributed by atoms with E-state index < -0.39 is 0 Å². The molecule has 3 aromatic rings. The molecule has 0 saturated heterocycles. The second kappa shape index (κ2) is 11.2. The summed E-state index contributed by atoms with van der Waals surface area (Å²) in [5, 5.41) is 7.64. The number of hydrogen-bond donors (Lipinski definition) is 2. The van der Waals surface area contributed by atoms with E-state index in [1.165, 1.54) is 4.88 Å². The molecule has 0 unspecified atom stereocenters. The maximum atomic E-state index is 5.86. The highest BCUT2D eigenvalue weighted by atomic mass is 32.1. The lowest BCUT2D eigenvalue weighted by Gasteiger charge is -2.12. The maximum absolute atomic E-state index is 5.86. The number of hydrogen-bond acceptors (Lipinski definition) is 6. The molecule has 0 spiro atoms. The summed E-state index contributed by atoms with van der Waals surface area (Å²) < 4.78 is 11.3. The number of benzene rings is 1. The van der Waals surface area contributed by atoms with Crippen molar-refractivity contribution in [2.45, 2.75) is 33.4 Å². The first-order valence-corrected chi connectivity index (χ1v) is 10.8. The summed E-state index contributed by atoms with van der Waals surface area (Å²) in [5.41, 5.74) is 1.04. The van der Waals surface area contributed by atoms with Crippen LogP contribution in [-0.2, 0) is 19.5 Å². The van der Waals surface area contributed by atoms with Crippen molar-refractivity contribution in [3.63, 3.8) is 0 Å². The SMILES string of the molecule is CCOc1ccc(Oc2cc(CNC(=NC)NCc3ncc(CC)s3)ccn2)cc1. The van der Waals surface area contributed by atoms with Crippen LogP contribution in [-0.4, -0.2) is 29.6 Å². The Morgan fingerprint density at radius 3 is 2.50 bits per heavy atom. The molecule has 2 heterocycles. The Balaban J connectivity index is 1.52. The van der Waals surface area contributed by atoms with E-state index in [9.17, 15) is 0 Å². The van der Waals surface area contributed by atoms with Gasteiger partial charge in [-0.25, -0.2) is 9.97 Å². The zero-order valence-corrected chi connectivity index (χ0v) is 18.3. The predicted octanol–water partition coefficient (Wildman–Crippen LogP) is 4.16. The van der Waals surface area contributed by atoms with Crippen LogP contribution in [0.2, 0.25) is 0 Å². The highest BCUT2D eigenvalue weighted by Crippen LogP contribution is 2.23. The molecule has 0 amide bonds.